The number of aliphatic hydroxyl groups excluding tert-OH is 1. The van der Waals surface area contributed by atoms with Crippen LogP contribution in [0.3, 0.4) is 0 Å². The van der Waals surface area contributed by atoms with Crippen molar-refractivity contribution in [2.24, 2.45) is 0 Å². The third-order valence-electron chi connectivity index (χ3n) is 1.96. The standard InChI is InChI=1S/C10H9FN2OS2/c1-6(14)8-4-7(11)2-3-9(8)16-10-13-12-5-15-10/h2-6,14H,1H3/t6-/m0/s1. The fourth-order valence-corrected chi connectivity index (χ4v) is 2.87. The van der Waals surface area contributed by atoms with Gasteiger partial charge < -0.3 is 5.11 Å². The molecule has 3 nitrogen and oxygen atoms in total. The zero-order valence-corrected chi connectivity index (χ0v) is 10.1. The molecule has 2 rings (SSSR count). The summed E-state index contributed by atoms with van der Waals surface area (Å²) in [4.78, 5) is 0.799. The van der Waals surface area contributed by atoms with Crippen molar-refractivity contribution in [1.82, 2.24) is 10.2 Å². The van der Waals surface area contributed by atoms with Gasteiger partial charge in [-0.15, -0.1) is 10.2 Å². The highest BCUT2D eigenvalue weighted by Gasteiger charge is 2.11. The van der Waals surface area contributed by atoms with Gasteiger partial charge in [0.15, 0.2) is 4.34 Å². The van der Waals surface area contributed by atoms with Crippen LogP contribution in [0.5, 0.6) is 0 Å². The zero-order valence-electron chi connectivity index (χ0n) is 8.42. The summed E-state index contributed by atoms with van der Waals surface area (Å²) in [6.07, 6.45) is -0.703. The number of aliphatic hydroxyl groups is 1. The van der Waals surface area contributed by atoms with Gasteiger partial charge in [-0.2, -0.15) is 0 Å². The Hall–Kier alpha value is -0.980. The molecule has 6 heteroatoms. The van der Waals surface area contributed by atoms with Crippen LogP contribution in [0.4, 0.5) is 4.39 Å². The number of hydrogen-bond donors (Lipinski definition) is 1. The van der Waals surface area contributed by atoms with Crippen LogP contribution >= 0.6 is 23.1 Å². The monoisotopic (exact) mass is 256 g/mol. The van der Waals surface area contributed by atoms with Crippen molar-refractivity contribution in [3.05, 3.63) is 35.1 Å². The second-order valence-corrected chi connectivity index (χ2v) is 5.29. The van der Waals surface area contributed by atoms with Gasteiger partial charge in [0, 0.05) is 4.90 Å². The summed E-state index contributed by atoms with van der Waals surface area (Å²) < 4.78 is 13.8. The molecule has 0 bridgehead atoms. The first kappa shape index (κ1) is 11.5. The first-order valence-corrected chi connectivity index (χ1v) is 6.28. The summed E-state index contributed by atoms with van der Waals surface area (Å²) in [6.45, 7) is 1.61. The number of rotatable bonds is 3. The highest BCUT2D eigenvalue weighted by molar-refractivity contribution is 8.01. The SMILES string of the molecule is C[C@H](O)c1cc(F)ccc1Sc1nncs1. The molecule has 0 amide bonds. The molecule has 0 fully saturated rings. The molecule has 0 aliphatic carbocycles. The Balaban J connectivity index is 2.33. The molecular weight excluding hydrogens is 247 g/mol. The Bertz CT molecular complexity index is 474. The van der Waals surface area contributed by atoms with Crippen molar-refractivity contribution >= 4 is 23.1 Å². The fourth-order valence-electron chi connectivity index (χ4n) is 1.24. The Morgan fingerprint density at radius 3 is 2.94 bits per heavy atom. The molecule has 2 aromatic rings. The van der Waals surface area contributed by atoms with Crippen molar-refractivity contribution in [2.45, 2.75) is 22.3 Å². The van der Waals surface area contributed by atoms with Crippen LogP contribution < -0.4 is 0 Å². The largest absolute Gasteiger partial charge is 0.389 e. The van der Waals surface area contributed by atoms with Crippen molar-refractivity contribution in [2.75, 3.05) is 0 Å². The molecule has 0 aliphatic heterocycles. The number of hydrogen-bond acceptors (Lipinski definition) is 5. The van der Waals surface area contributed by atoms with Crippen LogP contribution in [0.2, 0.25) is 0 Å². The second-order valence-electron chi connectivity index (χ2n) is 3.16. The van der Waals surface area contributed by atoms with Crippen molar-refractivity contribution in [1.29, 1.82) is 0 Å². The molecule has 0 spiro atoms. The summed E-state index contributed by atoms with van der Waals surface area (Å²) >= 11 is 2.78. The van der Waals surface area contributed by atoms with Gasteiger partial charge in [0.2, 0.25) is 0 Å². The lowest BCUT2D eigenvalue weighted by molar-refractivity contribution is 0.196. The summed E-state index contributed by atoms with van der Waals surface area (Å²) in [5.74, 6) is -0.350. The number of aromatic nitrogens is 2. The van der Waals surface area contributed by atoms with Crippen LogP contribution in [-0.2, 0) is 0 Å². The van der Waals surface area contributed by atoms with E-state index in [0.717, 1.165) is 9.24 Å². The summed E-state index contributed by atoms with van der Waals surface area (Å²) in [5, 5.41) is 17.2. The van der Waals surface area contributed by atoms with E-state index in [4.69, 9.17) is 0 Å². The molecule has 16 heavy (non-hydrogen) atoms. The molecule has 0 radical (unpaired) electrons. The van der Waals surface area contributed by atoms with Gasteiger partial charge in [-0.1, -0.05) is 23.1 Å². The number of nitrogens with zero attached hydrogens (tertiary/aromatic N) is 2. The van der Waals surface area contributed by atoms with E-state index in [-0.39, 0.29) is 5.82 Å². The lowest BCUT2D eigenvalue weighted by Crippen LogP contribution is -1.95. The molecule has 1 atom stereocenters. The van der Waals surface area contributed by atoms with Gasteiger partial charge in [0.1, 0.15) is 11.3 Å². The number of benzene rings is 1. The minimum absolute atomic E-state index is 0.350. The van der Waals surface area contributed by atoms with Crippen LogP contribution in [0.1, 0.15) is 18.6 Å². The molecule has 1 aromatic heterocycles. The van der Waals surface area contributed by atoms with Crippen LogP contribution in [0.25, 0.3) is 0 Å². The van der Waals surface area contributed by atoms with Crippen molar-refractivity contribution in [3.63, 3.8) is 0 Å². The molecule has 84 valence electrons. The van der Waals surface area contributed by atoms with Gasteiger partial charge >= 0.3 is 0 Å². The Labute approximate surface area is 100 Å². The lowest BCUT2D eigenvalue weighted by Gasteiger charge is -2.10. The molecule has 0 unspecified atom stereocenters. The molecule has 0 saturated carbocycles. The van der Waals surface area contributed by atoms with E-state index in [2.05, 4.69) is 10.2 Å². The quantitative estimate of drug-likeness (QED) is 0.917. The first-order valence-electron chi connectivity index (χ1n) is 4.58. The highest BCUT2D eigenvalue weighted by atomic mass is 32.2. The fraction of sp³-hybridized carbons (Fsp3) is 0.200. The Morgan fingerprint density at radius 2 is 2.31 bits per heavy atom. The van der Waals surface area contributed by atoms with E-state index >= 15 is 0 Å². The zero-order chi connectivity index (χ0) is 11.5. The molecule has 0 saturated heterocycles. The molecule has 1 N–H and O–H groups in total. The topological polar surface area (TPSA) is 46.0 Å². The minimum Gasteiger partial charge on any atom is -0.389 e. The van der Waals surface area contributed by atoms with Crippen LogP contribution in [-0.4, -0.2) is 15.3 Å². The molecule has 0 aliphatic rings. The van der Waals surface area contributed by atoms with Crippen molar-refractivity contribution in [3.8, 4) is 0 Å². The summed E-state index contributed by atoms with van der Waals surface area (Å²) in [6, 6.07) is 4.35. The van der Waals surface area contributed by atoms with E-state index in [1.807, 2.05) is 0 Å². The average molecular weight is 256 g/mol. The van der Waals surface area contributed by atoms with Crippen molar-refractivity contribution < 1.29 is 9.50 Å². The maximum atomic E-state index is 13.0. The van der Waals surface area contributed by atoms with E-state index in [0.29, 0.717) is 5.56 Å². The van der Waals surface area contributed by atoms with E-state index in [9.17, 15) is 9.50 Å². The van der Waals surface area contributed by atoms with Gasteiger partial charge in [-0.3, -0.25) is 0 Å². The normalized spacial score (nSPS) is 12.7. The van der Waals surface area contributed by atoms with Gasteiger partial charge in [-0.05, 0) is 30.7 Å². The molecule has 1 aromatic carbocycles. The predicted molar refractivity (Wildman–Crippen MR) is 61.1 cm³/mol. The molecule has 1 heterocycles. The predicted octanol–water partition coefficient (Wildman–Crippen LogP) is 2.88. The minimum atomic E-state index is -0.703. The van der Waals surface area contributed by atoms with Crippen LogP contribution in [0, 0.1) is 5.82 Å². The van der Waals surface area contributed by atoms with Gasteiger partial charge in [-0.25, -0.2) is 4.39 Å². The number of halogens is 1. The highest BCUT2D eigenvalue weighted by Crippen LogP contribution is 2.34. The summed E-state index contributed by atoms with van der Waals surface area (Å²) in [5.41, 5.74) is 2.20. The first-order chi connectivity index (χ1) is 7.66. The Morgan fingerprint density at radius 1 is 1.50 bits per heavy atom. The third-order valence-corrected chi connectivity index (χ3v) is 3.83. The average Bonchev–Trinajstić information content (AvgIpc) is 2.73. The Kier molecular flexibility index (Phi) is 3.52. The maximum Gasteiger partial charge on any atom is 0.178 e. The second kappa shape index (κ2) is 4.90. The summed E-state index contributed by atoms with van der Waals surface area (Å²) in [7, 11) is 0. The third kappa shape index (κ3) is 2.58. The van der Waals surface area contributed by atoms with E-state index in [1.54, 1.807) is 18.5 Å². The van der Waals surface area contributed by atoms with E-state index in [1.165, 1.54) is 35.2 Å². The van der Waals surface area contributed by atoms with E-state index < -0.39 is 6.10 Å². The van der Waals surface area contributed by atoms with Gasteiger partial charge in [0.25, 0.3) is 0 Å². The maximum absolute atomic E-state index is 13.0. The lowest BCUT2D eigenvalue weighted by atomic mass is 10.1. The molecular formula is C10H9FN2OS2. The van der Waals surface area contributed by atoms with Crippen LogP contribution in [0.15, 0.2) is 32.9 Å². The smallest absolute Gasteiger partial charge is 0.178 e. The van der Waals surface area contributed by atoms with Gasteiger partial charge in [0.05, 0.1) is 6.10 Å².